The van der Waals surface area contributed by atoms with Crippen LogP contribution in [0.2, 0.25) is 0 Å². The molecule has 0 aromatic heterocycles. The van der Waals surface area contributed by atoms with E-state index >= 15 is 0 Å². The molecule has 0 aromatic carbocycles. The minimum Gasteiger partial charge on any atom is -0.372 e. The number of nitrogens with one attached hydrogen (secondary N) is 2. The molecular weight excluding hydrogens is 442 g/mol. The first-order chi connectivity index (χ1) is 16.7. The molecule has 0 saturated carbocycles. The standard InChI is InChI=1S/C28H51N3O4/c1-6-7-8-11-18-25(32)29-20-15-22-31-21-14-12-16-23(27(31)34)30-26(33)24(35-5)17-10-9-13-19-28(2,3)4/h13,19,23-24H,6-12,14-18,20-22H2,1-5H3,(H,29,32)(H,30,33)/b19-13+/t23?,24-/m1/s1. The maximum absolute atomic E-state index is 13.1. The van der Waals surface area contributed by atoms with Gasteiger partial charge in [-0.05, 0) is 56.8 Å². The van der Waals surface area contributed by atoms with Crippen LogP contribution in [0.25, 0.3) is 0 Å². The van der Waals surface area contributed by atoms with Gasteiger partial charge in [0.2, 0.25) is 17.7 Å². The van der Waals surface area contributed by atoms with Gasteiger partial charge in [-0.3, -0.25) is 14.4 Å². The molecule has 1 fully saturated rings. The molecule has 0 aliphatic carbocycles. The first-order valence-corrected chi connectivity index (χ1v) is 13.7. The van der Waals surface area contributed by atoms with E-state index in [1.807, 2.05) is 4.90 Å². The Bertz CT molecular complexity index is 657. The second-order valence-electron chi connectivity index (χ2n) is 10.8. The van der Waals surface area contributed by atoms with E-state index in [0.717, 1.165) is 51.4 Å². The van der Waals surface area contributed by atoms with Gasteiger partial charge in [0.25, 0.3) is 0 Å². The topological polar surface area (TPSA) is 87.7 Å². The third-order valence-corrected chi connectivity index (χ3v) is 6.31. The second-order valence-corrected chi connectivity index (χ2v) is 10.8. The zero-order valence-electron chi connectivity index (χ0n) is 23.0. The van der Waals surface area contributed by atoms with Gasteiger partial charge in [0, 0.05) is 33.2 Å². The highest BCUT2D eigenvalue weighted by atomic mass is 16.5. The molecule has 7 nitrogen and oxygen atoms in total. The summed E-state index contributed by atoms with van der Waals surface area (Å²) in [6.07, 6.45) is 14.3. The molecule has 3 amide bonds. The first-order valence-electron chi connectivity index (χ1n) is 13.7. The van der Waals surface area contributed by atoms with Crippen molar-refractivity contribution in [2.75, 3.05) is 26.7 Å². The fourth-order valence-electron chi connectivity index (χ4n) is 4.24. The van der Waals surface area contributed by atoms with Crippen LogP contribution >= 0.6 is 0 Å². The quantitative estimate of drug-likeness (QED) is 0.240. The fourth-order valence-corrected chi connectivity index (χ4v) is 4.24. The largest absolute Gasteiger partial charge is 0.372 e. The van der Waals surface area contributed by atoms with Crippen LogP contribution < -0.4 is 10.6 Å². The van der Waals surface area contributed by atoms with Crippen LogP contribution in [0.1, 0.15) is 105 Å². The summed E-state index contributed by atoms with van der Waals surface area (Å²) < 4.78 is 5.44. The monoisotopic (exact) mass is 493 g/mol. The molecular formula is C28H51N3O4. The highest BCUT2D eigenvalue weighted by molar-refractivity contribution is 5.89. The number of amides is 3. The number of carbonyl (C=O) groups excluding carboxylic acids is 3. The molecule has 1 saturated heterocycles. The van der Waals surface area contributed by atoms with Gasteiger partial charge in [0.15, 0.2) is 0 Å². The summed E-state index contributed by atoms with van der Waals surface area (Å²) in [6.45, 7) is 10.5. The lowest BCUT2D eigenvalue weighted by atomic mass is 9.95. The number of hydrogen-bond acceptors (Lipinski definition) is 4. The molecule has 1 heterocycles. The van der Waals surface area contributed by atoms with Crippen LogP contribution in [0.4, 0.5) is 0 Å². The molecule has 35 heavy (non-hydrogen) atoms. The Kier molecular flexibility index (Phi) is 15.6. The van der Waals surface area contributed by atoms with Crippen LogP contribution in [0.15, 0.2) is 12.2 Å². The minimum atomic E-state index is -0.546. The predicted molar refractivity (Wildman–Crippen MR) is 142 cm³/mol. The number of likely N-dealkylation sites (tertiary alicyclic amines) is 1. The lowest BCUT2D eigenvalue weighted by Crippen LogP contribution is -2.50. The number of unbranched alkanes of at least 4 members (excludes halogenated alkanes) is 4. The van der Waals surface area contributed by atoms with Gasteiger partial charge in [-0.1, -0.05) is 59.1 Å². The molecule has 2 N–H and O–H groups in total. The van der Waals surface area contributed by atoms with Gasteiger partial charge in [0.05, 0.1) is 0 Å². The molecule has 1 aliphatic rings. The number of allylic oxidation sites excluding steroid dienone is 2. The highest BCUT2D eigenvalue weighted by Gasteiger charge is 2.30. The summed E-state index contributed by atoms with van der Waals surface area (Å²) >= 11 is 0. The smallest absolute Gasteiger partial charge is 0.249 e. The van der Waals surface area contributed by atoms with E-state index in [1.54, 1.807) is 7.11 Å². The van der Waals surface area contributed by atoms with Gasteiger partial charge in [-0.2, -0.15) is 0 Å². The van der Waals surface area contributed by atoms with Crippen LogP contribution in [-0.4, -0.2) is 61.5 Å². The van der Waals surface area contributed by atoms with E-state index in [9.17, 15) is 14.4 Å². The molecule has 0 radical (unpaired) electrons. The Morgan fingerprint density at radius 2 is 1.91 bits per heavy atom. The summed E-state index contributed by atoms with van der Waals surface area (Å²) in [5, 5.41) is 5.92. The zero-order chi connectivity index (χ0) is 26.1. The molecule has 1 aliphatic heterocycles. The third kappa shape index (κ3) is 14.3. The third-order valence-electron chi connectivity index (χ3n) is 6.31. The van der Waals surface area contributed by atoms with Crippen molar-refractivity contribution in [3.8, 4) is 0 Å². The number of rotatable bonds is 16. The zero-order valence-corrected chi connectivity index (χ0v) is 23.0. The van der Waals surface area contributed by atoms with Crippen LogP contribution in [0.5, 0.6) is 0 Å². The van der Waals surface area contributed by atoms with Gasteiger partial charge in [0.1, 0.15) is 12.1 Å². The maximum atomic E-state index is 13.1. The Labute approximate surface area is 213 Å². The van der Waals surface area contributed by atoms with Crippen molar-refractivity contribution in [1.82, 2.24) is 15.5 Å². The molecule has 1 rings (SSSR count). The predicted octanol–water partition coefficient (Wildman–Crippen LogP) is 4.75. The number of methoxy groups -OCH3 is 1. The van der Waals surface area contributed by atoms with E-state index in [0.29, 0.717) is 38.9 Å². The summed E-state index contributed by atoms with van der Waals surface area (Å²) in [4.78, 5) is 39.7. The van der Waals surface area contributed by atoms with Crippen LogP contribution in [0.3, 0.4) is 0 Å². The first kappa shape index (κ1) is 31.1. The van der Waals surface area contributed by atoms with Crippen molar-refractivity contribution >= 4 is 17.7 Å². The van der Waals surface area contributed by atoms with E-state index < -0.39 is 12.1 Å². The molecule has 1 unspecified atom stereocenters. The van der Waals surface area contributed by atoms with Crippen molar-refractivity contribution < 1.29 is 19.1 Å². The van der Waals surface area contributed by atoms with Crippen molar-refractivity contribution in [1.29, 1.82) is 0 Å². The average molecular weight is 494 g/mol. The van der Waals surface area contributed by atoms with Gasteiger partial charge < -0.3 is 20.3 Å². The number of carbonyl (C=O) groups is 3. The highest BCUT2D eigenvalue weighted by Crippen LogP contribution is 2.17. The van der Waals surface area contributed by atoms with Crippen molar-refractivity contribution in [2.45, 2.75) is 117 Å². The lowest BCUT2D eigenvalue weighted by molar-refractivity contribution is -0.139. The fraction of sp³-hybridized carbons (Fsp3) is 0.821. The van der Waals surface area contributed by atoms with E-state index in [-0.39, 0.29) is 23.1 Å². The lowest BCUT2D eigenvalue weighted by Gasteiger charge is -2.26. The van der Waals surface area contributed by atoms with E-state index in [4.69, 9.17) is 4.74 Å². The Morgan fingerprint density at radius 1 is 1.14 bits per heavy atom. The van der Waals surface area contributed by atoms with Crippen LogP contribution in [-0.2, 0) is 19.1 Å². The molecule has 0 aromatic rings. The Hall–Kier alpha value is -1.89. The second kappa shape index (κ2) is 17.5. The van der Waals surface area contributed by atoms with Gasteiger partial charge >= 0.3 is 0 Å². The van der Waals surface area contributed by atoms with Crippen molar-refractivity contribution in [3.05, 3.63) is 12.2 Å². The summed E-state index contributed by atoms with van der Waals surface area (Å²) in [7, 11) is 1.55. The van der Waals surface area contributed by atoms with Gasteiger partial charge in [-0.25, -0.2) is 0 Å². The number of ether oxygens (including phenoxy) is 1. The summed E-state index contributed by atoms with van der Waals surface area (Å²) in [5.41, 5.74) is 0.156. The van der Waals surface area contributed by atoms with Crippen molar-refractivity contribution in [3.63, 3.8) is 0 Å². The maximum Gasteiger partial charge on any atom is 0.249 e. The van der Waals surface area contributed by atoms with Gasteiger partial charge in [-0.15, -0.1) is 0 Å². The molecule has 0 spiro atoms. The SMILES string of the molecule is CCCCCCC(=O)NCCCN1CCCCC(NC(=O)[C@@H](CCC/C=C/C(C)(C)C)OC)C1=O. The van der Waals surface area contributed by atoms with Crippen LogP contribution in [0, 0.1) is 5.41 Å². The Morgan fingerprint density at radius 3 is 2.60 bits per heavy atom. The minimum absolute atomic E-state index is 0.0234. The molecule has 202 valence electrons. The number of hydrogen-bond donors (Lipinski definition) is 2. The average Bonchev–Trinajstić information content (AvgIpc) is 2.97. The molecule has 0 bridgehead atoms. The summed E-state index contributed by atoms with van der Waals surface area (Å²) in [5.74, 6) is -0.138. The summed E-state index contributed by atoms with van der Waals surface area (Å²) in [6, 6.07) is -0.503. The normalized spacial score (nSPS) is 17.9. The molecule has 7 heteroatoms. The van der Waals surface area contributed by atoms with E-state index in [2.05, 4.69) is 50.5 Å². The van der Waals surface area contributed by atoms with Crippen molar-refractivity contribution in [2.24, 2.45) is 5.41 Å². The Balaban J connectivity index is 2.43. The molecule has 2 atom stereocenters. The number of nitrogens with zero attached hydrogens (tertiary/aromatic N) is 1. The van der Waals surface area contributed by atoms with E-state index in [1.165, 1.54) is 6.42 Å².